The lowest BCUT2D eigenvalue weighted by Gasteiger charge is -2.04. The zero-order valence-corrected chi connectivity index (χ0v) is 9.77. The Labute approximate surface area is 105 Å². The van der Waals surface area contributed by atoms with E-state index in [0.717, 1.165) is 0 Å². The zero-order chi connectivity index (χ0) is 11.9. The maximum Gasteiger partial charge on any atom is -0.0171 e. The van der Waals surface area contributed by atoms with Crippen molar-refractivity contribution in [2.24, 2.45) is 0 Å². The summed E-state index contributed by atoms with van der Waals surface area (Å²) in [6.07, 6.45) is 0. The van der Waals surface area contributed by atoms with Gasteiger partial charge in [0.2, 0.25) is 0 Å². The van der Waals surface area contributed by atoms with Crippen LogP contribution >= 0.6 is 0 Å². The smallest absolute Gasteiger partial charge is 0.0171 e. The van der Waals surface area contributed by atoms with Gasteiger partial charge in [-0.2, -0.15) is 0 Å². The molecule has 4 aromatic carbocycles. The van der Waals surface area contributed by atoms with Crippen LogP contribution < -0.4 is 0 Å². The average molecular weight is 226 g/mol. The molecule has 0 heterocycles. The minimum atomic E-state index is 1.24. The summed E-state index contributed by atoms with van der Waals surface area (Å²) in [6, 6.07) is 27.4. The summed E-state index contributed by atoms with van der Waals surface area (Å²) < 4.78 is 0. The van der Waals surface area contributed by atoms with Crippen molar-refractivity contribution in [3.8, 4) is 0 Å². The third-order valence-electron chi connectivity index (χ3n) is 3.44. The predicted octanol–water partition coefficient (Wildman–Crippen LogP) is 4.75. The molecule has 0 nitrogen and oxygen atoms in total. The molecular weight excluding hydrogens is 216 g/mol. The van der Waals surface area contributed by atoms with Crippen molar-refractivity contribution in [1.82, 2.24) is 0 Å². The molecule has 4 rings (SSSR count). The van der Waals surface area contributed by atoms with E-state index in [9.17, 15) is 0 Å². The zero-order valence-electron chi connectivity index (χ0n) is 9.77. The van der Waals surface area contributed by atoms with E-state index in [4.69, 9.17) is 0 Å². The third-order valence-corrected chi connectivity index (χ3v) is 3.44. The van der Waals surface area contributed by atoms with Gasteiger partial charge in [0, 0.05) is 0 Å². The van der Waals surface area contributed by atoms with Crippen LogP contribution in [-0.4, -0.2) is 0 Å². The van der Waals surface area contributed by atoms with E-state index < -0.39 is 0 Å². The summed E-state index contributed by atoms with van der Waals surface area (Å²) in [7, 11) is 0. The van der Waals surface area contributed by atoms with Gasteiger partial charge in [-0.1, -0.05) is 24.3 Å². The van der Waals surface area contributed by atoms with Crippen LogP contribution in [0.3, 0.4) is 0 Å². The molecule has 0 saturated carbocycles. The number of rotatable bonds is 0. The van der Waals surface area contributed by atoms with E-state index in [1.165, 1.54) is 32.3 Å². The van der Waals surface area contributed by atoms with Crippen molar-refractivity contribution in [2.45, 2.75) is 0 Å². The Bertz CT molecular complexity index is 728. The van der Waals surface area contributed by atoms with E-state index in [-0.39, 0.29) is 0 Å². The summed E-state index contributed by atoms with van der Waals surface area (Å²) in [5, 5.41) is 7.57. The van der Waals surface area contributed by atoms with Crippen LogP contribution in [0.1, 0.15) is 0 Å². The number of fused-ring (bicyclic) bond motifs is 3. The number of hydrogen-bond donors (Lipinski definition) is 0. The van der Waals surface area contributed by atoms with Crippen molar-refractivity contribution >= 4 is 32.3 Å². The van der Waals surface area contributed by atoms with E-state index in [2.05, 4.69) is 48.5 Å². The monoisotopic (exact) mass is 226 g/mol. The highest BCUT2D eigenvalue weighted by Crippen LogP contribution is 2.26. The van der Waals surface area contributed by atoms with E-state index in [1.807, 2.05) is 24.3 Å². The summed E-state index contributed by atoms with van der Waals surface area (Å²) in [5.41, 5.74) is 0. The third kappa shape index (κ3) is 1.39. The molecule has 0 heteroatoms. The largest absolute Gasteiger partial charge is 0.0537 e. The molecule has 0 N–H and O–H groups in total. The second-order valence-corrected chi connectivity index (χ2v) is 4.60. The molecular formula is C18H10. The SMILES string of the molecule is [c]1ccc2cc3cc4cc[c]cc4cc3cc2c1. The molecule has 0 spiro atoms. The quantitative estimate of drug-likeness (QED) is 0.380. The fraction of sp³-hybridized carbons (Fsp3) is 0. The lowest BCUT2D eigenvalue weighted by atomic mass is 10.00. The fourth-order valence-corrected chi connectivity index (χ4v) is 2.51. The fourth-order valence-electron chi connectivity index (χ4n) is 2.51. The summed E-state index contributed by atoms with van der Waals surface area (Å²) in [4.78, 5) is 0. The Balaban J connectivity index is 2.20. The van der Waals surface area contributed by atoms with Gasteiger partial charge in [0.1, 0.15) is 0 Å². The van der Waals surface area contributed by atoms with Gasteiger partial charge in [-0.25, -0.2) is 0 Å². The van der Waals surface area contributed by atoms with Crippen molar-refractivity contribution < 1.29 is 0 Å². The summed E-state index contributed by atoms with van der Waals surface area (Å²) >= 11 is 0. The highest BCUT2D eigenvalue weighted by atomic mass is 14.0. The maximum absolute atomic E-state index is 3.13. The van der Waals surface area contributed by atoms with E-state index in [1.54, 1.807) is 0 Å². The predicted molar refractivity (Wildman–Crippen MR) is 76.6 cm³/mol. The molecule has 0 amide bonds. The molecule has 0 aliphatic heterocycles. The Morgan fingerprint density at radius 2 is 0.944 bits per heavy atom. The van der Waals surface area contributed by atoms with Gasteiger partial charge in [0.05, 0.1) is 0 Å². The molecule has 2 radical (unpaired) electrons. The second-order valence-electron chi connectivity index (χ2n) is 4.60. The first kappa shape index (κ1) is 9.67. The highest BCUT2D eigenvalue weighted by molar-refractivity contribution is 6.04. The highest BCUT2D eigenvalue weighted by Gasteiger charge is 2.00. The Morgan fingerprint density at radius 3 is 1.44 bits per heavy atom. The molecule has 4 aromatic rings. The van der Waals surface area contributed by atoms with Crippen molar-refractivity contribution in [3.05, 3.63) is 72.8 Å². The minimum Gasteiger partial charge on any atom is -0.0537 e. The topological polar surface area (TPSA) is 0 Å². The summed E-state index contributed by atoms with van der Waals surface area (Å²) in [6.45, 7) is 0. The van der Waals surface area contributed by atoms with Crippen LogP contribution in [0.4, 0.5) is 0 Å². The second kappa shape index (κ2) is 3.58. The van der Waals surface area contributed by atoms with Gasteiger partial charge in [-0.15, -0.1) is 0 Å². The van der Waals surface area contributed by atoms with Gasteiger partial charge in [-0.3, -0.25) is 0 Å². The van der Waals surface area contributed by atoms with Crippen LogP contribution in [0.5, 0.6) is 0 Å². The lowest BCUT2D eigenvalue weighted by Crippen LogP contribution is -1.78. The molecule has 82 valence electrons. The molecule has 0 aromatic heterocycles. The molecule has 0 aliphatic rings. The van der Waals surface area contributed by atoms with Gasteiger partial charge >= 0.3 is 0 Å². The lowest BCUT2D eigenvalue weighted by molar-refractivity contribution is 1.76. The van der Waals surface area contributed by atoms with Crippen molar-refractivity contribution in [2.75, 3.05) is 0 Å². The molecule has 18 heavy (non-hydrogen) atoms. The van der Waals surface area contributed by atoms with Gasteiger partial charge < -0.3 is 0 Å². The molecule has 0 unspecified atom stereocenters. The maximum atomic E-state index is 3.13. The standard InChI is InChI=1S/C18H10/c1-2-6-14-10-18-12-16-8-4-3-7-15(16)11-17(18)9-13(14)5-1/h1,3,5-12H. The van der Waals surface area contributed by atoms with Crippen LogP contribution in [0.2, 0.25) is 0 Å². The van der Waals surface area contributed by atoms with Crippen LogP contribution in [0.15, 0.2) is 60.7 Å². The first-order valence-corrected chi connectivity index (χ1v) is 6.04. The Kier molecular flexibility index (Phi) is 1.92. The average Bonchev–Trinajstić information content (AvgIpc) is 2.42. The molecule has 0 bridgehead atoms. The van der Waals surface area contributed by atoms with Crippen LogP contribution in [0.25, 0.3) is 32.3 Å². The first-order valence-electron chi connectivity index (χ1n) is 6.04. The van der Waals surface area contributed by atoms with Crippen molar-refractivity contribution in [1.29, 1.82) is 0 Å². The van der Waals surface area contributed by atoms with Crippen LogP contribution in [0, 0.1) is 12.1 Å². The summed E-state index contributed by atoms with van der Waals surface area (Å²) in [5.74, 6) is 0. The number of benzene rings is 4. The van der Waals surface area contributed by atoms with Gasteiger partial charge in [0.15, 0.2) is 0 Å². The van der Waals surface area contributed by atoms with Crippen LogP contribution in [-0.2, 0) is 0 Å². The minimum absolute atomic E-state index is 1.24. The van der Waals surface area contributed by atoms with Gasteiger partial charge in [-0.05, 0) is 80.8 Å². The number of hydrogen-bond acceptors (Lipinski definition) is 0. The van der Waals surface area contributed by atoms with E-state index in [0.29, 0.717) is 0 Å². The van der Waals surface area contributed by atoms with Crippen molar-refractivity contribution in [3.63, 3.8) is 0 Å². The van der Waals surface area contributed by atoms with Gasteiger partial charge in [0.25, 0.3) is 0 Å². The molecule has 0 fully saturated rings. The van der Waals surface area contributed by atoms with E-state index >= 15 is 0 Å². The normalized spacial score (nSPS) is 11.3. The Hall–Kier alpha value is -2.34. The first-order chi connectivity index (χ1) is 8.90. The Morgan fingerprint density at radius 1 is 0.500 bits per heavy atom. The molecule has 0 atom stereocenters. The molecule has 0 aliphatic carbocycles. The molecule has 0 saturated heterocycles.